The van der Waals surface area contributed by atoms with Gasteiger partial charge in [0.05, 0.1) is 30.5 Å². The van der Waals surface area contributed by atoms with Gasteiger partial charge in [0, 0.05) is 19.6 Å². The van der Waals surface area contributed by atoms with Crippen LogP contribution in [0.4, 0.5) is 4.79 Å². The third-order valence-electron chi connectivity index (χ3n) is 7.85. The van der Waals surface area contributed by atoms with Gasteiger partial charge in [0.15, 0.2) is 0 Å². The summed E-state index contributed by atoms with van der Waals surface area (Å²) < 4.78 is 24.4. The molecule has 0 aromatic heterocycles. The van der Waals surface area contributed by atoms with Gasteiger partial charge in [0.25, 0.3) is 5.91 Å². The van der Waals surface area contributed by atoms with Gasteiger partial charge in [-0.1, -0.05) is 12.1 Å². The Balaban J connectivity index is 1.78. The molecule has 9 nitrogen and oxygen atoms in total. The first-order valence-electron chi connectivity index (χ1n) is 13.5. The number of benzene rings is 1. The van der Waals surface area contributed by atoms with Crippen molar-refractivity contribution in [3.8, 4) is 0 Å². The molecule has 0 radical (unpaired) electrons. The summed E-state index contributed by atoms with van der Waals surface area (Å²) in [6.07, 6.45) is 0.207. The maximum atomic E-state index is 13.3. The van der Waals surface area contributed by atoms with Crippen molar-refractivity contribution in [1.29, 1.82) is 0 Å². The molecule has 3 aliphatic heterocycles. The first-order valence-corrected chi connectivity index (χ1v) is 13.5. The Labute approximate surface area is 226 Å². The van der Waals surface area contributed by atoms with E-state index < -0.39 is 41.7 Å². The van der Waals surface area contributed by atoms with Crippen molar-refractivity contribution in [1.82, 2.24) is 9.80 Å². The highest BCUT2D eigenvalue weighted by Gasteiger charge is 2.52. The first kappa shape index (κ1) is 28.9. The Morgan fingerprint density at radius 3 is 2.26 bits per heavy atom. The largest absolute Gasteiger partial charge is 0.494 e. The highest BCUT2D eigenvalue weighted by atomic mass is 16.7. The molecule has 0 aliphatic carbocycles. The van der Waals surface area contributed by atoms with Gasteiger partial charge in [-0.05, 0) is 90.9 Å². The zero-order valence-electron chi connectivity index (χ0n) is 24.3. The monoisotopic (exact) mass is 530 g/mol. The standard InChI is InChI=1S/C28H43BN2O7/c1-25(2,3)36-24(33)31-12-13-35-17-22(31)20-15-19(29-37-27(6,7)28(8,9)38-29)14-18-10-11-30(16-21(18)20)23(32)26(4,5)34/h14-15,22,34H,10-13,16-17H2,1-9H3. The first-order chi connectivity index (χ1) is 17.4. The van der Waals surface area contributed by atoms with E-state index in [-0.39, 0.29) is 5.91 Å². The zero-order valence-corrected chi connectivity index (χ0v) is 24.3. The summed E-state index contributed by atoms with van der Waals surface area (Å²) in [5, 5.41) is 10.4. The molecule has 0 saturated carbocycles. The van der Waals surface area contributed by atoms with Crippen LogP contribution in [-0.2, 0) is 36.5 Å². The average Bonchev–Trinajstić information content (AvgIpc) is 3.02. The number of hydrogen-bond acceptors (Lipinski definition) is 7. The lowest BCUT2D eigenvalue weighted by Crippen LogP contribution is -2.49. The van der Waals surface area contributed by atoms with E-state index in [0.29, 0.717) is 39.3 Å². The van der Waals surface area contributed by atoms with Crippen LogP contribution in [-0.4, -0.2) is 82.7 Å². The summed E-state index contributed by atoms with van der Waals surface area (Å²) in [6, 6.07) is 3.70. The molecule has 10 heteroatoms. The molecule has 210 valence electrons. The van der Waals surface area contributed by atoms with Crippen LogP contribution in [0.3, 0.4) is 0 Å². The summed E-state index contributed by atoms with van der Waals surface area (Å²) in [4.78, 5) is 29.7. The molecule has 0 spiro atoms. The van der Waals surface area contributed by atoms with Crippen LogP contribution in [0.1, 0.15) is 85.0 Å². The Bertz CT molecular complexity index is 1070. The van der Waals surface area contributed by atoms with Crippen LogP contribution < -0.4 is 5.46 Å². The van der Waals surface area contributed by atoms with Crippen LogP contribution in [0.15, 0.2) is 12.1 Å². The Hall–Kier alpha value is -2.14. The molecule has 2 fully saturated rings. The molecule has 1 aromatic rings. The lowest BCUT2D eigenvalue weighted by molar-refractivity contribution is -0.148. The van der Waals surface area contributed by atoms with Gasteiger partial charge >= 0.3 is 13.2 Å². The SMILES string of the molecule is CC(C)(C)OC(=O)N1CCOCC1c1cc(B2OC(C)(C)C(C)(C)O2)cc2c1CN(C(=O)C(C)(C)O)CC2. The Morgan fingerprint density at radius 2 is 1.68 bits per heavy atom. The minimum absolute atomic E-state index is 0.304. The van der Waals surface area contributed by atoms with Crippen molar-refractivity contribution in [2.45, 2.75) is 104 Å². The van der Waals surface area contributed by atoms with E-state index in [9.17, 15) is 14.7 Å². The minimum Gasteiger partial charge on any atom is -0.444 e. The lowest BCUT2D eigenvalue weighted by Gasteiger charge is -2.40. The molecule has 1 unspecified atom stereocenters. The highest BCUT2D eigenvalue weighted by Crippen LogP contribution is 2.38. The molecule has 3 heterocycles. The second-order valence-corrected chi connectivity index (χ2v) is 13.1. The number of fused-ring (bicyclic) bond motifs is 1. The molecule has 2 saturated heterocycles. The van der Waals surface area contributed by atoms with E-state index in [2.05, 4.69) is 6.07 Å². The molecule has 4 rings (SSSR count). The van der Waals surface area contributed by atoms with E-state index >= 15 is 0 Å². The van der Waals surface area contributed by atoms with E-state index in [1.165, 1.54) is 13.8 Å². The zero-order chi connectivity index (χ0) is 28.3. The highest BCUT2D eigenvalue weighted by molar-refractivity contribution is 6.62. The fraction of sp³-hybridized carbons (Fsp3) is 0.714. The van der Waals surface area contributed by atoms with Crippen molar-refractivity contribution in [3.63, 3.8) is 0 Å². The molecule has 1 aromatic carbocycles. The third-order valence-corrected chi connectivity index (χ3v) is 7.85. The van der Waals surface area contributed by atoms with Gasteiger partial charge in [0.2, 0.25) is 0 Å². The second-order valence-electron chi connectivity index (χ2n) is 13.1. The van der Waals surface area contributed by atoms with Crippen molar-refractivity contribution in [2.75, 3.05) is 26.3 Å². The van der Waals surface area contributed by atoms with Crippen LogP contribution in [0, 0.1) is 0 Å². The van der Waals surface area contributed by atoms with Gasteiger partial charge in [-0.15, -0.1) is 0 Å². The molecule has 3 aliphatic rings. The minimum atomic E-state index is -1.48. The van der Waals surface area contributed by atoms with E-state index in [1.54, 1.807) is 9.80 Å². The fourth-order valence-corrected chi connectivity index (χ4v) is 5.10. The van der Waals surface area contributed by atoms with E-state index in [0.717, 1.165) is 22.2 Å². The number of hydrogen-bond donors (Lipinski definition) is 1. The molecule has 38 heavy (non-hydrogen) atoms. The van der Waals surface area contributed by atoms with Gasteiger partial charge in [0.1, 0.15) is 11.2 Å². The fourth-order valence-electron chi connectivity index (χ4n) is 5.10. The number of carbonyl (C=O) groups is 2. The topological polar surface area (TPSA) is 97.8 Å². The Morgan fingerprint density at radius 1 is 1.05 bits per heavy atom. The van der Waals surface area contributed by atoms with E-state index in [4.69, 9.17) is 18.8 Å². The second kappa shape index (κ2) is 9.80. The molecule has 1 atom stereocenters. The lowest BCUT2D eigenvalue weighted by atomic mass is 9.74. The maximum absolute atomic E-state index is 13.3. The molecule has 2 amide bonds. The van der Waals surface area contributed by atoms with Crippen molar-refractivity contribution in [2.24, 2.45) is 0 Å². The molecular formula is C28H43BN2O7. The van der Waals surface area contributed by atoms with Crippen LogP contribution >= 0.6 is 0 Å². The number of aliphatic hydroxyl groups is 1. The summed E-state index contributed by atoms with van der Waals surface area (Å²) in [6.45, 7) is 18.6. The predicted octanol–water partition coefficient (Wildman–Crippen LogP) is 2.95. The number of amides is 2. The number of carbonyl (C=O) groups excluding carboxylic acids is 2. The summed E-state index contributed by atoms with van der Waals surface area (Å²) in [5.41, 5.74) is 0.664. The molecule has 1 N–H and O–H groups in total. The van der Waals surface area contributed by atoms with Crippen molar-refractivity contribution in [3.05, 3.63) is 28.8 Å². The summed E-state index contributed by atoms with van der Waals surface area (Å²) >= 11 is 0. The van der Waals surface area contributed by atoms with Gasteiger partial charge in [-0.25, -0.2) is 4.79 Å². The van der Waals surface area contributed by atoms with Gasteiger partial charge < -0.3 is 28.8 Å². The average molecular weight is 530 g/mol. The third kappa shape index (κ3) is 5.73. The van der Waals surface area contributed by atoms with Crippen LogP contribution in [0.5, 0.6) is 0 Å². The molecule has 0 bridgehead atoms. The van der Waals surface area contributed by atoms with Crippen molar-refractivity contribution < 1.29 is 33.5 Å². The van der Waals surface area contributed by atoms with Gasteiger partial charge in [-0.3, -0.25) is 9.69 Å². The summed E-state index contributed by atoms with van der Waals surface area (Å²) in [7, 11) is -0.570. The molecular weight excluding hydrogens is 487 g/mol. The smallest absolute Gasteiger partial charge is 0.444 e. The van der Waals surface area contributed by atoms with Gasteiger partial charge in [-0.2, -0.15) is 0 Å². The maximum Gasteiger partial charge on any atom is 0.494 e. The van der Waals surface area contributed by atoms with Crippen molar-refractivity contribution >= 4 is 24.6 Å². The van der Waals surface area contributed by atoms with Crippen LogP contribution in [0.2, 0.25) is 0 Å². The number of rotatable bonds is 3. The number of nitrogens with zero attached hydrogens (tertiary/aromatic N) is 2. The quantitative estimate of drug-likeness (QED) is 0.601. The Kier molecular flexibility index (Phi) is 7.45. The van der Waals surface area contributed by atoms with Crippen LogP contribution in [0.25, 0.3) is 0 Å². The number of morpholine rings is 1. The normalized spacial score (nSPS) is 23.3. The van der Waals surface area contributed by atoms with E-state index in [1.807, 2.05) is 54.5 Å². The predicted molar refractivity (Wildman–Crippen MR) is 144 cm³/mol. The summed E-state index contributed by atoms with van der Waals surface area (Å²) in [5.74, 6) is -0.326. The number of ether oxygens (including phenoxy) is 2.